The Balaban J connectivity index is 1.51. The van der Waals surface area contributed by atoms with Crippen molar-refractivity contribution in [1.29, 1.82) is 0 Å². The van der Waals surface area contributed by atoms with Gasteiger partial charge in [-0.25, -0.2) is 4.79 Å². The van der Waals surface area contributed by atoms with Gasteiger partial charge in [0, 0.05) is 37.8 Å². The fourth-order valence-electron chi connectivity index (χ4n) is 4.81. The second-order valence-corrected chi connectivity index (χ2v) is 8.40. The lowest BCUT2D eigenvalue weighted by atomic mass is 9.99. The van der Waals surface area contributed by atoms with E-state index in [0.717, 1.165) is 32.6 Å². The second-order valence-electron chi connectivity index (χ2n) is 8.40. The van der Waals surface area contributed by atoms with Gasteiger partial charge in [0.15, 0.2) is 0 Å². The van der Waals surface area contributed by atoms with Crippen molar-refractivity contribution < 1.29 is 14.7 Å². The Morgan fingerprint density at radius 3 is 2.24 bits per heavy atom. The summed E-state index contributed by atoms with van der Waals surface area (Å²) >= 11 is 0. The van der Waals surface area contributed by atoms with Gasteiger partial charge in [-0.2, -0.15) is 0 Å². The average Bonchev–Trinajstić information content (AvgIpc) is 3.22. The van der Waals surface area contributed by atoms with Crippen LogP contribution in [0.3, 0.4) is 0 Å². The Morgan fingerprint density at radius 1 is 0.966 bits per heavy atom. The van der Waals surface area contributed by atoms with Crippen LogP contribution in [0.4, 0.5) is 0 Å². The summed E-state index contributed by atoms with van der Waals surface area (Å²) in [5.41, 5.74) is 0.806. The van der Waals surface area contributed by atoms with Crippen LogP contribution in [0.5, 0.6) is 0 Å². The minimum atomic E-state index is -0.974. The first kappa shape index (κ1) is 19.9. The number of fused-ring (bicyclic) bond motifs is 1. The van der Waals surface area contributed by atoms with Crippen molar-refractivity contribution in [2.75, 3.05) is 40.3 Å². The van der Waals surface area contributed by atoms with Crippen LogP contribution in [-0.2, 0) is 0 Å². The Bertz CT molecular complexity index is 921. The fourth-order valence-corrected chi connectivity index (χ4v) is 4.81. The Morgan fingerprint density at radius 2 is 1.59 bits per heavy atom. The summed E-state index contributed by atoms with van der Waals surface area (Å²) in [4.78, 5) is 31.6. The number of hydrogen-bond donors (Lipinski definition) is 1. The van der Waals surface area contributed by atoms with Crippen molar-refractivity contribution in [3.63, 3.8) is 0 Å². The number of benzene rings is 2. The number of amides is 1. The molecule has 2 aromatic carbocycles. The predicted octanol–water partition coefficient (Wildman–Crippen LogP) is 2.78. The molecule has 154 valence electrons. The van der Waals surface area contributed by atoms with Crippen molar-refractivity contribution in [1.82, 2.24) is 14.7 Å². The molecule has 6 nitrogen and oxygen atoms in total. The molecule has 6 heteroatoms. The quantitative estimate of drug-likeness (QED) is 0.863. The number of hydrogen-bond acceptors (Lipinski definition) is 4. The number of likely N-dealkylation sites (tertiary alicyclic amines) is 2. The molecule has 2 fully saturated rings. The number of carbonyl (C=O) groups excluding carboxylic acids is 1. The van der Waals surface area contributed by atoms with Crippen LogP contribution in [0, 0.1) is 0 Å². The molecule has 0 spiro atoms. The van der Waals surface area contributed by atoms with Crippen molar-refractivity contribution in [3.05, 3.63) is 47.5 Å². The van der Waals surface area contributed by atoms with Crippen LogP contribution >= 0.6 is 0 Å². The van der Waals surface area contributed by atoms with E-state index in [9.17, 15) is 14.7 Å². The van der Waals surface area contributed by atoms with Crippen LogP contribution in [0.15, 0.2) is 36.4 Å². The maximum Gasteiger partial charge on any atom is 0.336 e. The molecule has 0 aromatic heterocycles. The maximum atomic E-state index is 13.3. The van der Waals surface area contributed by atoms with Crippen LogP contribution < -0.4 is 0 Å². The lowest BCUT2D eigenvalue weighted by Gasteiger charge is -2.35. The predicted molar refractivity (Wildman–Crippen MR) is 113 cm³/mol. The summed E-state index contributed by atoms with van der Waals surface area (Å²) in [5.74, 6) is -1.01. The van der Waals surface area contributed by atoms with Gasteiger partial charge >= 0.3 is 5.97 Å². The van der Waals surface area contributed by atoms with Crippen LogP contribution in [0.1, 0.15) is 40.0 Å². The summed E-state index contributed by atoms with van der Waals surface area (Å²) in [6, 6.07) is 11.3. The monoisotopic (exact) mass is 395 g/mol. The van der Waals surface area contributed by atoms with Gasteiger partial charge in [-0.3, -0.25) is 9.69 Å². The highest BCUT2D eigenvalue weighted by molar-refractivity contribution is 6.12. The number of carboxylic acid groups (broad SMARTS) is 1. The molecule has 29 heavy (non-hydrogen) atoms. The highest BCUT2D eigenvalue weighted by Gasteiger charge is 2.33. The molecule has 1 N–H and O–H groups in total. The van der Waals surface area contributed by atoms with E-state index in [0.29, 0.717) is 22.4 Å². The summed E-state index contributed by atoms with van der Waals surface area (Å²) in [6.07, 6.45) is 3.38. The molecule has 0 aliphatic carbocycles. The van der Waals surface area contributed by atoms with Crippen LogP contribution in [0.2, 0.25) is 0 Å². The molecule has 2 aliphatic heterocycles. The minimum Gasteiger partial charge on any atom is -0.478 e. The highest BCUT2D eigenvalue weighted by Crippen LogP contribution is 2.27. The molecule has 2 aliphatic rings. The molecular weight excluding hydrogens is 366 g/mol. The number of carbonyl (C=O) groups is 2. The van der Waals surface area contributed by atoms with Gasteiger partial charge in [-0.1, -0.05) is 24.3 Å². The molecule has 1 unspecified atom stereocenters. The average molecular weight is 396 g/mol. The lowest BCUT2D eigenvalue weighted by molar-refractivity contribution is 0.0695. The van der Waals surface area contributed by atoms with E-state index < -0.39 is 5.97 Å². The highest BCUT2D eigenvalue weighted by atomic mass is 16.4. The van der Waals surface area contributed by atoms with E-state index in [-0.39, 0.29) is 17.5 Å². The molecule has 0 radical (unpaired) electrons. The summed E-state index contributed by atoms with van der Waals surface area (Å²) in [5, 5.41) is 10.8. The van der Waals surface area contributed by atoms with Gasteiger partial charge in [-0.15, -0.1) is 0 Å². The van der Waals surface area contributed by atoms with E-state index in [1.807, 2.05) is 18.0 Å². The van der Waals surface area contributed by atoms with Gasteiger partial charge in [-0.05, 0) is 62.3 Å². The largest absolute Gasteiger partial charge is 0.478 e. The zero-order chi connectivity index (χ0) is 20.5. The number of aromatic carboxylic acids is 1. The molecule has 2 saturated heterocycles. The summed E-state index contributed by atoms with van der Waals surface area (Å²) < 4.78 is 0. The van der Waals surface area contributed by atoms with E-state index in [1.54, 1.807) is 30.3 Å². The Hall–Kier alpha value is -2.44. The number of likely N-dealkylation sites (N-methyl/N-ethyl adjacent to an activating group) is 1. The third-order valence-corrected chi connectivity index (χ3v) is 6.65. The van der Waals surface area contributed by atoms with Gasteiger partial charge in [0.2, 0.25) is 0 Å². The summed E-state index contributed by atoms with van der Waals surface area (Å²) in [6.45, 7) is 4.24. The standard InChI is InChI=1S/C23H29N3O3/c1-24-12-9-16(10-13-24)26-14-11-17(15-26)25(2)22(27)20-7-3-6-19-18(20)5-4-8-21(19)23(28)29/h3-8,16-17H,9-15H2,1-2H3,(H,28,29). The van der Waals surface area contributed by atoms with E-state index in [1.165, 1.54) is 12.8 Å². The zero-order valence-electron chi connectivity index (χ0n) is 17.2. The Labute approximate surface area is 171 Å². The molecule has 2 heterocycles. The maximum absolute atomic E-state index is 13.3. The minimum absolute atomic E-state index is 0.0339. The molecule has 4 rings (SSSR count). The van der Waals surface area contributed by atoms with E-state index in [2.05, 4.69) is 16.8 Å². The van der Waals surface area contributed by atoms with Crippen molar-refractivity contribution in [2.45, 2.75) is 31.3 Å². The van der Waals surface area contributed by atoms with Crippen molar-refractivity contribution in [3.8, 4) is 0 Å². The van der Waals surface area contributed by atoms with Crippen LogP contribution in [-0.4, -0.2) is 84.0 Å². The first-order valence-corrected chi connectivity index (χ1v) is 10.4. The van der Waals surface area contributed by atoms with Crippen LogP contribution in [0.25, 0.3) is 10.8 Å². The smallest absolute Gasteiger partial charge is 0.336 e. The topological polar surface area (TPSA) is 64.1 Å². The zero-order valence-corrected chi connectivity index (χ0v) is 17.2. The first-order chi connectivity index (χ1) is 14.0. The number of nitrogens with zero attached hydrogens (tertiary/aromatic N) is 3. The third kappa shape index (κ3) is 3.87. The number of piperidine rings is 1. The van der Waals surface area contributed by atoms with Gasteiger partial charge < -0.3 is 14.9 Å². The Kier molecular flexibility index (Phi) is 5.56. The first-order valence-electron chi connectivity index (χ1n) is 10.4. The molecule has 2 aromatic rings. The van der Waals surface area contributed by atoms with Gasteiger partial charge in [0.1, 0.15) is 0 Å². The number of rotatable bonds is 4. The molecule has 1 amide bonds. The van der Waals surface area contributed by atoms with Crippen molar-refractivity contribution >= 4 is 22.6 Å². The van der Waals surface area contributed by atoms with Gasteiger partial charge in [0.25, 0.3) is 5.91 Å². The van der Waals surface area contributed by atoms with E-state index in [4.69, 9.17) is 0 Å². The van der Waals surface area contributed by atoms with Crippen molar-refractivity contribution in [2.24, 2.45) is 0 Å². The van der Waals surface area contributed by atoms with E-state index >= 15 is 0 Å². The molecular formula is C23H29N3O3. The second kappa shape index (κ2) is 8.13. The normalized spacial score (nSPS) is 21.5. The molecule has 0 saturated carbocycles. The summed E-state index contributed by atoms with van der Waals surface area (Å²) in [7, 11) is 4.06. The SMILES string of the molecule is CN1CCC(N2CCC(N(C)C(=O)c3cccc4c(C(=O)O)cccc34)C2)CC1. The third-order valence-electron chi connectivity index (χ3n) is 6.65. The molecule has 1 atom stereocenters. The lowest BCUT2D eigenvalue weighted by Crippen LogP contribution is -2.45. The fraction of sp³-hybridized carbons (Fsp3) is 0.478. The number of carboxylic acids is 1. The molecule has 0 bridgehead atoms. The van der Waals surface area contributed by atoms with Gasteiger partial charge in [0.05, 0.1) is 5.56 Å².